The molecule has 1 fully saturated rings. The second kappa shape index (κ2) is 7.36. The molecular formula is C17H18Cl2N4O. The Morgan fingerprint density at radius 3 is 2.42 bits per heavy atom. The van der Waals surface area contributed by atoms with Gasteiger partial charge in [-0.1, -0.05) is 36.0 Å². The fourth-order valence-corrected chi connectivity index (χ4v) is 3.38. The summed E-state index contributed by atoms with van der Waals surface area (Å²) < 4.78 is 0. The first-order chi connectivity index (χ1) is 11.5. The molecule has 0 atom stereocenters. The first kappa shape index (κ1) is 17.0. The van der Waals surface area contributed by atoms with Crippen LogP contribution in [-0.4, -0.2) is 21.9 Å². The molecule has 1 aromatic carbocycles. The van der Waals surface area contributed by atoms with Crippen molar-refractivity contribution in [2.24, 2.45) is 0 Å². The maximum Gasteiger partial charge on any atom is 0.274 e. The van der Waals surface area contributed by atoms with Crippen LogP contribution in [0.4, 0.5) is 11.5 Å². The molecule has 1 amide bonds. The lowest BCUT2D eigenvalue weighted by molar-refractivity contribution is 0.102. The Bertz CT molecular complexity index is 740. The number of anilines is 2. The van der Waals surface area contributed by atoms with Crippen molar-refractivity contribution in [1.29, 1.82) is 0 Å². The molecule has 0 saturated heterocycles. The molecule has 0 radical (unpaired) electrons. The molecule has 0 unspecified atom stereocenters. The first-order valence-electron chi connectivity index (χ1n) is 7.89. The van der Waals surface area contributed by atoms with Crippen LogP contribution in [0.15, 0.2) is 24.3 Å². The lowest BCUT2D eigenvalue weighted by Gasteiger charge is -2.14. The van der Waals surface area contributed by atoms with Gasteiger partial charge < -0.3 is 10.6 Å². The van der Waals surface area contributed by atoms with Crippen molar-refractivity contribution in [3.63, 3.8) is 0 Å². The van der Waals surface area contributed by atoms with Gasteiger partial charge in [0.25, 0.3) is 5.91 Å². The molecule has 5 nitrogen and oxygen atoms in total. The minimum atomic E-state index is -0.326. The number of rotatable bonds is 4. The zero-order chi connectivity index (χ0) is 17.1. The van der Waals surface area contributed by atoms with Gasteiger partial charge in [-0.05, 0) is 38.0 Å². The predicted octanol–water partition coefficient (Wildman–Crippen LogP) is 4.70. The molecule has 2 aromatic rings. The molecule has 24 heavy (non-hydrogen) atoms. The van der Waals surface area contributed by atoms with Crippen molar-refractivity contribution in [1.82, 2.24) is 9.97 Å². The van der Waals surface area contributed by atoms with E-state index in [-0.39, 0.29) is 5.91 Å². The maximum atomic E-state index is 12.5. The van der Waals surface area contributed by atoms with Gasteiger partial charge in [0.1, 0.15) is 17.3 Å². The van der Waals surface area contributed by atoms with Crippen LogP contribution in [0.3, 0.4) is 0 Å². The molecule has 1 saturated carbocycles. The Labute approximate surface area is 150 Å². The summed E-state index contributed by atoms with van der Waals surface area (Å²) in [6, 6.07) is 6.97. The number of aryl methyl sites for hydroxylation is 1. The second-order valence-electron chi connectivity index (χ2n) is 5.92. The van der Waals surface area contributed by atoms with E-state index in [1.807, 2.05) is 0 Å². The number of amides is 1. The van der Waals surface area contributed by atoms with Crippen LogP contribution in [0, 0.1) is 6.92 Å². The standard InChI is InChI=1S/C17H18Cl2N4O/c1-10-20-15(9-16(21-10)22-13-4-2-3-5-13)17(24)23-14-7-11(18)6-12(19)8-14/h6-9,13H,2-5H2,1H3,(H,23,24)(H,20,21,22). The van der Waals surface area contributed by atoms with Crippen molar-refractivity contribution in [3.8, 4) is 0 Å². The van der Waals surface area contributed by atoms with E-state index in [4.69, 9.17) is 23.2 Å². The van der Waals surface area contributed by atoms with Crippen molar-refractivity contribution < 1.29 is 4.79 Å². The average Bonchev–Trinajstić information content (AvgIpc) is 2.98. The van der Waals surface area contributed by atoms with Crippen molar-refractivity contribution in [3.05, 3.63) is 45.8 Å². The summed E-state index contributed by atoms with van der Waals surface area (Å²) in [5, 5.41) is 7.06. The van der Waals surface area contributed by atoms with Crippen LogP contribution in [0.2, 0.25) is 10.0 Å². The Morgan fingerprint density at radius 2 is 1.75 bits per heavy atom. The summed E-state index contributed by atoms with van der Waals surface area (Å²) in [7, 11) is 0. The topological polar surface area (TPSA) is 66.9 Å². The number of benzene rings is 1. The predicted molar refractivity (Wildman–Crippen MR) is 97.1 cm³/mol. The maximum absolute atomic E-state index is 12.5. The number of halogens is 2. The van der Waals surface area contributed by atoms with E-state index < -0.39 is 0 Å². The molecule has 1 aliphatic carbocycles. The quantitative estimate of drug-likeness (QED) is 0.824. The highest BCUT2D eigenvalue weighted by Crippen LogP contribution is 2.24. The second-order valence-corrected chi connectivity index (χ2v) is 6.80. The molecule has 1 aromatic heterocycles. The van der Waals surface area contributed by atoms with E-state index in [0.29, 0.717) is 39.1 Å². The van der Waals surface area contributed by atoms with Gasteiger partial charge in [0.05, 0.1) is 0 Å². The van der Waals surface area contributed by atoms with E-state index in [0.717, 1.165) is 12.8 Å². The van der Waals surface area contributed by atoms with Gasteiger partial charge in [0.15, 0.2) is 0 Å². The minimum Gasteiger partial charge on any atom is -0.367 e. The van der Waals surface area contributed by atoms with E-state index >= 15 is 0 Å². The van der Waals surface area contributed by atoms with Crippen LogP contribution in [0.5, 0.6) is 0 Å². The van der Waals surface area contributed by atoms with Crippen molar-refractivity contribution >= 4 is 40.6 Å². The number of aromatic nitrogens is 2. The molecule has 1 heterocycles. The van der Waals surface area contributed by atoms with Crippen molar-refractivity contribution in [2.75, 3.05) is 10.6 Å². The average molecular weight is 365 g/mol. The third-order valence-corrected chi connectivity index (χ3v) is 4.33. The lowest BCUT2D eigenvalue weighted by atomic mass is 10.2. The number of carbonyl (C=O) groups is 1. The Morgan fingerprint density at radius 1 is 1.08 bits per heavy atom. The molecule has 126 valence electrons. The molecule has 3 rings (SSSR count). The highest BCUT2D eigenvalue weighted by atomic mass is 35.5. The third kappa shape index (κ3) is 4.36. The number of nitrogens with zero attached hydrogens (tertiary/aromatic N) is 2. The minimum absolute atomic E-state index is 0.305. The normalized spacial score (nSPS) is 14.6. The number of carbonyl (C=O) groups excluding carboxylic acids is 1. The molecule has 7 heteroatoms. The van der Waals surface area contributed by atoms with E-state index in [9.17, 15) is 4.79 Å². The Hall–Kier alpha value is -1.85. The van der Waals surface area contributed by atoms with Gasteiger partial charge >= 0.3 is 0 Å². The van der Waals surface area contributed by atoms with Crippen LogP contribution < -0.4 is 10.6 Å². The zero-order valence-electron chi connectivity index (χ0n) is 13.3. The van der Waals surface area contributed by atoms with Gasteiger partial charge in [0, 0.05) is 27.8 Å². The van der Waals surface area contributed by atoms with Crippen LogP contribution in [0.1, 0.15) is 42.0 Å². The molecule has 0 spiro atoms. The molecule has 2 N–H and O–H groups in total. The summed E-state index contributed by atoms with van der Waals surface area (Å²) in [5.74, 6) is 0.907. The summed E-state index contributed by atoms with van der Waals surface area (Å²) in [6.45, 7) is 1.77. The van der Waals surface area contributed by atoms with Crippen LogP contribution in [-0.2, 0) is 0 Å². The highest BCUT2D eigenvalue weighted by Gasteiger charge is 2.17. The fraction of sp³-hybridized carbons (Fsp3) is 0.353. The summed E-state index contributed by atoms with van der Waals surface area (Å²) in [6.07, 6.45) is 4.71. The third-order valence-electron chi connectivity index (χ3n) is 3.90. The summed E-state index contributed by atoms with van der Waals surface area (Å²) in [4.78, 5) is 21.1. The van der Waals surface area contributed by atoms with Gasteiger partial charge in [0.2, 0.25) is 0 Å². The summed E-state index contributed by atoms with van der Waals surface area (Å²) >= 11 is 11.9. The smallest absolute Gasteiger partial charge is 0.274 e. The molecule has 1 aliphatic rings. The van der Waals surface area contributed by atoms with Gasteiger partial charge in [-0.15, -0.1) is 0 Å². The SMILES string of the molecule is Cc1nc(NC2CCCC2)cc(C(=O)Nc2cc(Cl)cc(Cl)c2)n1. The monoisotopic (exact) mass is 364 g/mol. The van der Waals surface area contributed by atoms with Crippen molar-refractivity contribution in [2.45, 2.75) is 38.6 Å². The Balaban J connectivity index is 1.77. The Kier molecular flexibility index (Phi) is 5.21. The highest BCUT2D eigenvalue weighted by molar-refractivity contribution is 6.35. The molecule has 0 bridgehead atoms. The van der Waals surface area contributed by atoms with Crippen LogP contribution >= 0.6 is 23.2 Å². The largest absolute Gasteiger partial charge is 0.367 e. The first-order valence-corrected chi connectivity index (χ1v) is 8.65. The number of nitrogens with one attached hydrogen (secondary N) is 2. The van der Waals surface area contributed by atoms with E-state index in [2.05, 4.69) is 20.6 Å². The van der Waals surface area contributed by atoms with Gasteiger partial charge in [-0.25, -0.2) is 9.97 Å². The zero-order valence-corrected chi connectivity index (χ0v) is 14.8. The summed E-state index contributed by atoms with van der Waals surface area (Å²) in [5.41, 5.74) is 0.832. The molecular weight excluding hydrogens is 347 g/mol. The number of hydrogen-bond acceptors (Lipinski definition) is 4. The number of hydrogen-bond donors (Lipinski definition) is 2. The van der Waals surface area contributed by atoms with Crippen LogP contribution in [0.25, 0.3) is 0 Å². The van der Waals surface area contributed by atoms with E-state index in [1.54, 1.807) is 31.2 Å². The van der Waals surface area contributed by atoms with Gasteiger partial charge in [-0.3, -0.25) is 4.79 Å². The lowest BCUT2D eigenvalue weighted by Crippen LogP contribution is -2.19. The molecule has 0 aliphatic heterocycles. The van der Waals surface area contributed by atoms with E-state index in [1.165, 1.54) is 12.8 Å². The van der Waals surface area contributed by atoms with Gasteiger partial charge in [-0.2, -0.15) is 0 Å². The fourth-order valence-electron chi connectivity index (χ4n) is 2.86.